The lowest BCUT2D eigenvalue weighted by Gasteiger charge is -2.21. The maximum absolute atomic E-state index is 13.1. The third-order valence-corrected chi connectivity index (χ3v) is 5.06. The predicted molar refractivity (Wildman–Crippen MR) is 108 cm³/mol. The topological polar surface area (TPSA) is 46.1 Å². The molecule has 2 aromatic carbocycles. The number of aromatic nitrogens is 2. The summed E-state index contributed by atoms with van der Waals surface area (Å²) in [5, 5.41) is 10.2. The Morgan fingerprint density at radius 2 is 1.85 bits per heavy atom. The van der Waals surface area contributed by atoms with Gasteiger partial charge in [-0.1, -0.05) is 67.1 Å². The molecule has 1 heterocycles. The summed E-state index contributed by atoms with van der Waals surface area (Å²) in [7, 11) is 0. The smallest absolute Gasteiger partial charge is 0.260 e. The number of aryl methyl sites for hydroxylation is 2. The molecule has 0 spiro atoms. The van der Waals surface area contributed by atoms with Crippen LogP contribution in [0.15, 0.2) is 48.5 Å². The molecule has 0 saturated carbocycles. The summed E-state index contributed by atoms with van der Waals surface area (Å²) in [6, 6.07) is 15.8. The third kappa shape index (κ3) is 3.99. The maximum Gasteiger partial charge on any atom is 0.260 e. The standard InChI is InChI=1S/C21H23N3OS/c1-14(2)13-24(20(25)17-10-7-8-15(3)12-17)21-23-22-19(26-21)18-11-6-5-9-16(18)4/h5-12,14H,13H2,1-4H3. The van der Waals surface area contributed by atoms with E-state index in [9.17, 15) is 4.79 Å². The molecule has 5 heteroatoms. The first-order valence-corrected chi connectivity index (χ1v) is 9.55. The van der Waals surface area contributed by atoms with Gasteiger partial charge in [0, 0.05) is 17.7 Å². The average molecular weight is 366 g/mol. The monoisotopic (exact) mass is 365 g/mol. The predicted octanol–water partition coefficient (Wildman–Crippen LogP) is 5.12. The van der Waals surface area contributed by atoms with Crippen molar-refractivity contribution in [2.24, 2.45) is 5.92 Å². The zero-order valence-electron chi connectivity index (χ0n) is 15.6. The molecule has 0 aliphatic heterocycles. The second-order valence-electron chi connectivity index (χ2n) is 6.88. The fourth-order valence-corrected chi connectivity index (χ4v) is 3.74. The molecule has 3 rings (SSSR count). The summed E-state index contributed by atoms with van der Waals surface area (Å²) in [5.74, 6) is 0.296. The van der Waals surface area contributed by atoms with Gasteiger partial charge in [-0.15, -0.1) is 10.2 Å². The van der Waals surface area contributed by atoms with Crippen LogP contribution >= 0.6 is 11.3 Å². The summed E-state index contributed by atoms with van der Waals surface area (Å²) in [5.41, 5.74) is 3.95. The molecule has 0 aliphatic carbocycles. The van der Waals surface area contributed by atoms with Crippen molar-refractivity contribution < 1.29 is 4.79 Å². The Morgan fingerprint density at radius 3 is 2.54 bits per heavy atom. The van der Waals surface area contributed by atoms with E-state index in [-0.39, 0.29) is 5.91 Å². The lowest BCUT2D eigenvalue weighted by molar-refractivity contribution is 0.0983. The minimum atomic E-state index is -0.0325. The van der Waals surface area contributed by atoms with Crippen molar-refractivity contribution in [2.45, 2.75) is 27.7 Å². The minimum absolute atomic E-state index is 0.0325. The van der Waals surface area contributed by atoms with E-state index in [1.165, 1.54) is 11.3 Å². The Hall–Kier alpha value is -2.53. The van der Waals surface area contributed by atoms with E-state index in [1.807, 2.05) is 49.4 Å². The highest BCUT2D eigenvalue weighted by molar-refractivity contribution is 7.18. The molecule has 0 unspecified atom stereocenters. The molecule has 0 fully saturated rings. The van der Waals surface area contributed by atoms with Crippen molar-refractivity contribution >= 4 is 22.4 Å². The zero-order valence-corrected chi connectivity index (χ0v) is 16.4. The van der Waals surface area contributed by atoms with Crippen LogP contribution in [-0.4, -0.2) is 22.6 Å². The molecule has 1 aromatic heterocycles. The van der Waals surface area contributed by atoms with Gasteiger partial charge in [-0.25, -0.2) is 0 Å². The molecule has 0 radical (unpaired) electrons. The molecular weight excluding hydrogens is 342 g/mol. The highest BCUT2D eigenvalue weighted by Gasteiger charge is 2.23. The molecule has 0 aliphatic rings. The fourth-order valence-electron chi connectivity index (χ4n) is 2.79. The van der Waals surface area contributed by atoms with E-state index < -0.39 is 0 Å². The summed E-state index contributed by atoms with van der Waals surface area (Å²) in [6.45, 7) is 8.85. The molecule has 0 N–H and O–H groups in total. The molecule has 1 amide bonds. The summed E-state index contributed by atoms with van der Waals surface area (Å²) in [6.07, 6.45) is 0. The SMILES string of the molecule is Cc1cccc(C(=O)N(CC(C)C)c2nnc(-c3ccccc3C)s2)c1. The van der Waals surface area contributed by atoms with Gasteiger partial charge < -0.3 is 0 Å². The highest BCUT2D eigenvalue weighted by Crippen LogP contribution is 2.31. The minimum Gasteiger partial charge on any atom is -0.282 e. The van der Waals surface area contributed by atoms with Crippen LogP contribution in [0.3, 0.4) is 0 Å². The molecule has 0 atom stereocenters. The average Bonchev–Trinajstić information content (AvgIpc) is 3.09. The number of amides is 1. The van der Waals surface area contributed by atoms with Crippen LogP contribution in [-0.2, 0) is 0 Å². The number of carbonyl (C=O) groups excluding carboxylic acids is 1. The van der Waals surface area contributed by atoms with Gasteiger partial charge in [0.05, 0.1) is 0 Å². The lowest BCUT2D eigenvalue weighted by Crippen LogP contribution is -2.34. The van der Waals surface area contributed by atoms with Crippen LogP contribution in [0.1, 0.15) is 35.3 Å². The molecule has 3 aromatic rings. The zero-order chi connectivity index (χ0) is 18.7. The van der Waals surface area contributed by atoms with Crippen molar-refractivity contribution in [1.29, 1.82) is 0 Å². The van der Waals surface area contributed by atoms with E-state index in [2.05, 4.69) is 37.0 Å². The van der Waals surface area contributed by atoms with Gasteiger partial charge >= 0.3 is 0 Å². The lowest BCUT2D eigenvalue weighted by atomic mass is 10.1. The Bertz CT molecular complexity index is 917. The first-order chi connectivity index (χ1) is 12.5. The quantitative estimate of drug-likeness (QED) is 0.630. The van der Waals surface area contributed by atoms with E-state index in [0.717, 1.165) is 21.7 Å². The van der Waals surface area contributed by atoms with Crippen LogP contribution in [0.5, 0.6) is 0 Å². The van der Waals surface area contributed by atoms with E-state index in [1.54, 1.807) is 4.90 Å². The van der Waals surface area contributed by atoms with Crippen LogP contribution in [0.4, 0.5) is 5.13 Å². The van der Waals surface area contributed by atoms with Gasteiger partial charge in [0.15, 0.2) is 0 Å². The van der Waals surface area contributed by atoms with Crippen LogP contribution in [0.25, 0.3) is 10.6 Å². The number of hydrogen-bond acceptors (Lipinski definition) is 4. The van der Waals surface area contributed by atoms with Gasteiger partial charge in [0.1, 0.15) is 5.01 Å². The van der Waals surface area contributed by atoms with Crippen molar-refractivity contribution in [3.05, 3.63) is 65.2 Å². The van der Waals surface area contributed by atoms with Crippen molar-refractivity contribution in [2.75, 3.05) is 11.4 Å². The second-order valence-corrected chi connectivity index (χ2v) is 7.84. The van der Waals surface area contributed by atoms with Gasteiger partial charge in [0.25, 0.3) is 5.91 Å². The fraction of sp³-hybridized carbons (Fsp3) is 0.286. The van der Waals surface area contributed by atoms with Gasteiger partial charge in [0.2, 0.25) is 5.13 Å². The largest absolute Gasteiger partial charge is 0.282 e. The molecule has 0 bridgehead atoms. The molecule has 26 heavy (non-hydrogen) atoms. The van der Waals surface area contributed by atoms with Crippen LogP contribution in [0, 0.1) is 19.8 Å². The Morgan fingerprint density at radius 1 is 1.08 bits per heavy atom. The molecule has 134 valence electrons. The second kappa shape index (κ2) is 7.79. The summed E-state index contributed by atoms with van der Waals surface area (Å²) < 4.78 is 0. The number of rotatable bonds is 5. The summed E-state index contributed by atoms with van der Waals surface area (Å²) >= 11 is 1.46. The van der Waals surface area contributed by atoms with E-state index in [4.69, 9.17) is 0 Å². The van der Waals surface area contributed by atoms with Crippen LogP contribution < -0.4 is 4.90 Å². The Balaban J connectivity index is 1.96. The van der Waals surface area contributed by atoms with Crippen LogP contribution in [0.2, 0.25) is 0 Å². The number of benzene rings is 2. The molecule has 0 saturated heterocycles. The Labute approximate surface area is 158 Å². The van der Waals surface area contributed by atoms with Crippen molar-refractivity contribution in [3.8, 4) is 10.6 Å². The van der Waals surface area contributed by atoms with E-state index >= 15 is 0 Å². The van der Waals surface area contributed by atoms with Gasteiger partial charge in [-0.2, -0.15) is 0 Å². The highest BCUT2D eigenvalue weighted by atomic mass is 32.1. The van der Waals surface area contributed by atoms with Gasteiger partial charge in [-0.05, 0) is 37.5 Å². The number of nitrogens with zero attached hydrogens (tertiary/aromatic N) is 3. The third-order valence-electron chi connectivity index (χ3n) is 4.08. The number of carbonyl (C=O) groups is 1. The van der Waals surface area contributed by atoms with Gasteiger partial charge in [-0.3, -0.25) is 9.69 Å². The first kappa shape index (κ1) is 18.3. The maximum atomic E-state index is 13.1. The van der Waals surface area contributed by atoms with E-state index in [0.29, 0.717) is 23.2 Å². The number of anilines is 1. The van der Waals surface area contributed by atoms with Crippen molar-refractivity contribution in [3.63, 3.8) is 0 Å². The van der Waals surface area contributed by atoms with Crippen molar-refractivity contribution in [1.82, 2.24) is 10.2 Å². The number of hydrogen-bond donors (Lipinski definition) is 0. The first-order valence-electron chi connectivity index (χ1n) is 8.73. The Kier molecular flexibility index (Phi) is 5.47. The summed E-state index contributed by atoms with van der Waals surface area (Å²) in [4.78, 5) is 14.9. The molecular formula is C21H23N3OS. The normalized spacial score (nSPS) is 11.0. The molecule has 4 nitrogen and oxygen atoms in total.